The molecule has 1 unspecified atom stereocenters. The fourth-order valence-corrected chi connectivity index (χ4v) is 5.53. The molecule has 0 N–H and O–H groups in total. The summed E-state index contributed by atoms with van der Waals surface area (Å²) in [5.74, 6) is 0.649. The van der Waals surface area contributed by atoms with Crippen LogP contribution in [0.5, 0.6) is 0 Å². The Bertz CT molecular complexity index is 1410. The molecule has 3 heterocycles. The molecular weight excluding hydrogens is 491 g/mol. The van der Waals surface area contributed by atoms with E-state index >= 15 is 0 Å². The van der Waals surface area contributed by atoms with E-state index in [0.717, 1.165) is 11.7 Å². The largest absolute Gasteiger partial charge is 0.433 e. The van der Waals surface area contributed by atoms with E-state index in [1.54, 1.807) is 42.7 Å². The molecule has 0 amide bonds. The predicted molar refractivity (Wildman–Crippen MR) is 130 cm³/mol. The molecule has 2 aromatic heterocycles. The number of aromatic nitrogens is 4. The SMILES string of the molecule is C1CC12CC2.Cc1cnc(N2CCn3c(nc4ccc(S(C)(=O)=O)cc43)C2C(C)C)nc1C(F)(F)F. The Labute approximate surface area is 208 Å². The van der Waals surface area contributed by atoms with E-state index in [9.17, 15) is 21.6 Å². The fourth-order valence-electron chi connectivity index (χ4n) is 4.89. The number of fused-ring (bicyclic) bond motifs is 3. The van der Waals surface area contributed by atoms with Gasteiger partial charge in [0, 0.05) is 25.5 Å². The third-order valence-electron chi connectivity index (χ3n) is 7.37. The van der Waals surface area contributed by atoms with Crippen LogP contribution in [-0.2, 0) is 22.6 Å². The molecule has 0 saturated heterocycles. The Morgan fingerprint density at radius 3 is 2.28 bits per heavy atom. The zero-order valence-electron chi connectivity index (χ0n) is 20.8. The average Bonchev–Trinajstić information content (AvgIpc) is 3.71. The number of alkyl halides is 3. The van der Waals surface area contributed by atoms with Crippen molar-refractivity contribution in [3.63, 3.8) is 0 Å². The highest BCUT2D eigenvalue weighted by Crippen LogP contribution is 2.65. The van der Waals surface area contributed by atoms with Crippen LogP contribution in [-0.4, -0.2) is 40.7 Å². The van der Waals surface area contributed by atoms with Crippen molar-refractivity contribution in [1.82, 2.24) is 19.5 Å². The lowest BCUT2D eigenvalue weighted by atomic mass is 10.00. The van der Waals surface area contributed by atoms with Crippen molar-refractivity contribution < 1.29 is 21.6 Å². The highest BCUT2D eigenvalue weighted by molar-refractivity contribution is 7.90. The summed E-state index contributed by atoms with van der Waals surface area (Å²) in [6.45, 7) is 6.02. The number of anilines is 1. The van der Waals surface area contributed by atoms with Crippen molar-refractivity contribution >= 4 is 26.8 Å². The van der Waals surface area contributed by atoms with Crippen molar-refractivity contribution in [3.8, 4) is 0 Å². The Morgan fingerprint density at radius 1 is 1.08 bits per heavy atom. The van der Waals surface area contributed by atoms with Crippen LogP contribution in [0.25, 0.3) is 11.0 Å². The molecule has 11 heteroatoms. The topological polar surface area (TPSA) is 81.0 Å². The minimum Gasteiger partial charge on any atom is -0.329 e. The molecule has 2 aliphatic carbocycles. The minimum atomic E-state index is -4.57. The third kappa shape index (κ3) is 4.69. The summed E-state index contributed by atoms with van der Waals surface area (Å²) in [5, 5.41) is 0. The number of benzene rings is 1. The molecule has 3 aromatic rings. The molecule has 0 radical (unpaired) electrons. The quantitative estimate of drug-likeness (QED) is 0.463. The zero-order valence-corrected chi connectivity index (χ0v) is 21.6. The monoisotopic (exact) mass is 521 g/mol. The number of halogens is 3. The van der Waals surface area contributed by atoms with Crippen molar-refractivity contribution in [3.05, 3.63) is 41.5 Å². The summed E-state index contributed by atoms with van der Waals surface area (Å²) >= 11 is 0. The second-order valence-electron chi connectivity index (χ2n) is 10.6. The first kappa shape index (κ1) is 25.0. The van der Waals surface area contributed by atoms with Gasteiger partial charge in [-0.3, -0.25) is 0 Å². The van der Waals surface area contributed by atoms with E-state index in [-0.39, 0.29) is 28.4 Å². The molecule has 1 aliphatic heterocycles. The van der Waals surface area contributed by atoms with Crippen LogP contribution >= 0.6 is 0 Å². The van der Waals surface area contributed by atoms with Gasteiger partial charge in [0.1, 0.15) is 5.82 Å². The van der Waals surface area contributed by atoms with Crippen molar-refractivity contribution in [1.29, 1.82) is 0 Å². The van der Waals surface area contributed by atoms with E-state index in [4.69, 9.17) is 4.98 Å². The summed E-state index contributed by atoms with van der Waals surface area (Å²) in [5.41, 5.74) is 1.34. The smallest absolute Gasteiger partial charge is 0.329 e. The van der Waals surface area contributed by atoms with Crippen LogP contribution in [0.1, 0.15) is 62.7 Å². The first-order chi connectivity index (χ1) is 16.8. The van der Waals surface area contributed by atoms with Crippen LogP contribution in [0.2, 0.25) is 0 Å². The molecule has 3 aliphatic rings. The molecule has 194 valence electrons. The number of imidazole rings is 1. The highest BCUT2D eigenvalue weighted by Gasteiger charge is 2.52. The van der Waals surface area contributed by atoms with Gasteiger partial charge in [-0.1, -0.05) is 13.8 Å². The lowest BCUT2D eigenvalue weighted by Gasteiger charge is -2.38. The second-order valence-corrected chi connectivity index (χ2v) is 12.6. The van der Waals surface area contributed by atoms with Crippen LogP contribution in [0, 0.1) is 18.3 Å². The first-order valence-electron chi connectivity index (χ1n) is 12.2. The van der Waals surface area contributed by atoms with Crippen molar-refractivity contribution in [2.24, 2.45) is 11.3 Å². The molecule has 2 fully saturated rings. The van der Waals surface area contributed by atoms with E-state index in [1.165, 1.54) is 19.2 Å². The first-order valence-corrected chi connectivity index (χ1v) is 14.1. The van der Waals surface area contributed by atoms with Gasteiger partial charge in [-0.15, -0.1) is 0 Å². The van der Waals surface area contributed by atoms with Crippen LogP contribution in [0.15, 0.2) is 29.3 Å². The lowest BCUT2D eigenvalue weighted by molar-refractivity contribution is -0.141. The predicted octanol–water partition coefficient (Wildman–Crippen LogP) is 5.33. The van der Waals surface area contributed by atoms with E-state index in [2.05, 4.69) is 9.97 Å². The highest BCUT2D eigenvalue weighted by atomic mass is 32.2. The summed E-state index contributed by atoms with van der Waals surface area (Å²) in [7, 11) is -3.38. The van der Waals surface area contributed by atoms with Gasteiger partial charge >= 0.3 is 6.18 Å². The van der Waals surface area contributed by atoms with Gasteiger partial charge in [0.25, 0.3) is 0 Å². The molecule has 1 spiro atoms. The Morgan fingerprint density at radius 2 is 1.75 bits per heavy atom. The zero-order chi connectivity index (χ0) is 26.0. The van der Waals surface area contributed by atoms with Gasteiger partial charge in [0.2, 0.25) is 5.95 Å². The maximum absolute atomic E-state index is 13.4. The third-order valence-corrected chi connectivity index (χ3v) is 8.48. The van der Waals surface area contributed by atoms with Crippen LogP contribution < -0.4 is 4.90 Å². The second kappa shape index (κ2) is 8.43. The summed E-state index contributed by atoms with van der Waals surface area (Å²) in [4.78, 5) is 14.7. The van der Waals surface area contributed by atoms with E-state index in [0.29, 0.717) is 29.9 Å². The molecule has 2 saturated carbocycles. The molecule has 0 bridgehead atoms. The van der Waals surface area contributed by atoms with Crippen LogP contribution in [0.4, 0.5) is 19.1 Å². The van der Waals surface area contributed by atoms with Gasteiger partial charge in [0.05, 0.1) is 22.0 Å². The van der Waals surface area contributed by atoms with Gasteiger partial charge < -0.3 is 9.47 Å². The van der Waals surface area contributed by atoms with E-state index in [1.807, 2.05) is 18.4 Å². The molecule has 36 heavy (non-hydrogen) atoms. The van der Waals surface area contributed by atoms with Crippen molar-refractivity contribution in [2.45, 2.75) is 70.1 Å². The minimum absolute atomic E-state index is 0.00626. The van der Waals surface area contributed by atoms with Gasteiger partial charge in [-0.2, -0.15) is 13.2 Å². The average molecular weight is 522 g/mol. The number of hydrogen-bond acceptors (Lipinski definition) is 6. The Kier molecular flexibility index (Phi) is 5.85. The van der Waals surface area contributed by atoms with Gasteiger partial charge in [-0.05, 0) is 67.7 Å². The van der Waals surface area contributed by atoms with Crippen molar-refractivity contribution in [2.75, 3.05) is 17.7 Å². The lowest BCUT2D eigenvalue weighted by Crippen LogP contribution is -2.42. The normalized spacial score (nSPS) is 20.3. The number of rotatable bonds is 3. The van der Waals surface area contributed by atoms with Gasteiger partial charge in [-0.25, -0.2) is 23.4 Å². The molecular formula is C25H30F3N5O2S. The number of nitrogens with zero attached hydrogens (tertiary/aromatic N) is 5. The summed E-state index contributed by atoms with van der Waals surface area (Å²) in [6.07, 6.45) is 4.02. The summed E-state index contributed by atoms with van der Waals surface area (Å²) in [6, 6.07) is 4.39. The fraction of sp³-hybridized carbons (Fsp3) is 0.560. The number of aryl methyl sites for hydroxylation is 1. The standard InChI is InChI=1S/C20H22F3N5O2S.C5H8/c1-11(2)16-18-25-14-6-5-13(31(4,29)30)9-15(14)27(18)7-8-28(16)19-24-10-12(3)17(26-19)20(21,22)23;1-2-5(1)3-4-5/h5-6,9-11,16H,7-8H2,1-4H3;1-4H2. The van der Waals surface area contributed by atoms with Crippen LogP contribution in [0.3, 0.4) is 0 Å². The Hall–Kier alpha value is -2.69. The molecule has 1 atom stereocenters. The maximum atomic E-state index is 13.4. The number of hydrogen-bond donors (Lipinski definition) is 0. The Balaban J connectivity index is 0.000000466. The van der Waals surface area contributed by atoms with E-state index < -0.39 is 21.7 Å². The number of sulfone groups is 1. The maximum Gasteiger partial charge on any atom is 0.433 e. The molecule has 7 nitrogen and oxygen atoms in total. The molecule has 1 aromatic carbocycles. The summed E-state index contributed by atoms with van der Waals surface area (Å²) < 4.78 is 66.0. The molecule has 6 rings (SSSR count). The van der Waals surface area contributed by atoms with Gasteiger partial charge in [0.15, 0.2) is 15.5 Å².